The van der Waals surface area contributed by atoms with Crippen LogP contribution in [0.15, 0.2) is 0 Å². The molecule has 0 aromatic rings. The molecule has 0 aliphatic heterocycles. The fourth-order valence-corrected chi connectivity index (χ4v) is 2.83. The molecule has 100 valence electrons. The number of primary amides is 1. The maximum atomic E-state index is 11.8. The molecule has 1 unspecified atom stereocenters. The highest BCUT2D eigenvalue weighted by Gasteiger charge is 2.49. The lowest BCUT2D eigenvalue weighted by Gasteiger charge is -2.37. The molecule has 1 atom stereocenters. The zero-order chi connectivity index (χ0) is 13.1. The summed E-state index contributed by atoms with van der Waals surface area (Å²) < 4.78 is 0. The SMILES string of the molecule is CCC(CC)N(C)CC(NC)(C(N)=O)C1CC1. The summed E-state index contributed by atoms with van der Waals surface area (Å²) in [5, 5.41) is 3.19. The van der Waals surface area contributed by atoms with Crippen molar-refractivity contribution < 1.29 is 4.79 Å². The molecule has 4 heteroatoms. The van der Waals surface area contributed by atoms with Gasteiger partial charge in [-0.3, -0.25) is 4.79 Å². The van der Waals surface area contributed by atoms with E-state index in [-0.39, 0.29) is 5.91 Å². The van der Waals surface area contributed by atoms with Crippen molar-refractivity contribution in [3.8, 4) is 0 Å². The summed E-state index contributed by atoms with van der Waals surface area (Å²) in [6.45, 7) is 5.09. The van der Waals surface area contributed by atoms with Gasteiger partial charge in [0.2, 0.25) is 5.91 Å². The van der Waals surface area contributed by atoms with Crippen molar-refractivity contribution >= 4 is 5.91 Å². The molecule has 1 amide bonds. The maximum absolute atomic E-state index is 11.8. The third kappa shape index (κ3) is 2.99. The Kier molecular flexibility index (Phi) is 4.95. The molecule has 0 aromatic heterocycles. The van der Waals surface area contributed by atoms with Gasteiger partial charge in [-0.2, -0.15) is 0 Å². The van der Waals surface area contributed by atoms with Crippen LogP contribution in [0, 0.1) is 5.92 Å². The van der Waals surface area contributed by atoms with Gasteiger partial charge in [0.25, 0.3) is 0 Å². The molecule has 0 bridgehead atoms. The van der Waals surface area contributed by atoms with Crippen LogP contribution in [0.1, 0.15) is 39.5 Å². The molecule has 0 aromatic carbocycles. The van der Waals surface area contributed by atoms with Gasteiger partial charge in [-0.25, -0.2) is 0 Å². The van der Waals surface area contributed by atoms with Crippen LogP contribution < -0.4 is 11.1 Å². The van der Waals surface area contributed by atoms with Crippen LogP contribution in [0.2, 0.25) is 0 Å². The first kappa shape index (κ1) is 14.5. The summed E-state index contributed by atoms with van der Waals surface area (Å²) in [7, 11) is 3.94. The number of nitrogens with two attached hydrogens (primary N) is 1. The molecule has 0 heterocycles. The standard InChI is InChI=1S/C13H27N3O/c1-5-11(6-2)16(4)9-13(15-3,12(14)17)10-7-8-10/h10-11,15H,5-9H2,1-4H3,(H2,14,17). The Hall–Kier alpha value is -0.610. The number of hydrogen-bond donors (Lipinski definition) is 2. The second-order valence-corrected chi connectivity index (χ2v) is 5.25. The minimum absolute atomic E-state index is 0.208. The van der Waals surface area contributed by atoms with E-state index in [1.807, 2.05) is 7.05 Å². The largest absolute Gasteiger partial charge is 0.368 e. The number of carbonyl (C=O) groups excluding carboxylic acids is 1. The fraction of sp³-hybridized carbons (Fsp3) is 0.923. The van der Waals surface area contributed by atoms with Crippen LogP contribution in [0.3, 0.4) is 0 Å². The Bertz CT molecular complexity index is 261. The van der Waals surface area contributed by atoms with E-state index in [1.54, 1.807) is 0 Å². The summed E-state index contributed by atoms with van der Waals surface area (Å²) in [5.41, 5.74) is 5.10. The molecule has 1 saturated carbocycles. The predicted molar refractivity (Wildman–Crippen MR) is 70.7 cm³/mol. The molecule has 1 aliphatic rings. The van der Waals surface area contributed by atoms with Crippen molar-refractivity contribution in [2.75, 3.05) is 20.6 Å². The predicted octanol–water partition coefficient (Wildman–Crippen LogP) is 0.960. The third-order valence-corrected chi connectivity index (χ3v) is 4.22. The highest BCUT2D eigenvalue weighted by atomic mass is 16.1. The smallest absolute Gasteiger partial charge is 0.239 e. The molecule has 3 N–H and O–H groups in total. The number of hydrogen-bond acceptors (Lipinski definition) is 3. The van der Waals surface area contributed by atoms with Crippen LogP contribution in [-0.4, -0.2) is 43.0 Å². The van der Waals surface area contributed by atoms with Crippen molar-refractivity contribution in [2.45, 2.75) is 51.1 Å². The first-order valence-electron chi connectivity index (χ1n) is 6.70. The lowest BCUT2D eigenvalue weighted by atomic mass is 9.91. The molecule has 1 rings (SSSR count). The number of carbonyl (C=O) groups is 1. The van der Waals surface area contributed by atoms with Gasteiger partial charge in [-0.05, 0) is 45.7 Å². The molecule has 1 aliphatic carbocycles. The van der Waals surface area contributed by atoms with Gasteiger partial charge in [0.05, 0.1) is 0 Å². The zero-order valence-electron chi connectivity index (χ0n) is 11.6. The monoisotopic (exact) mass is 241 g/mol. The summed E-state index contributed by atoms with van der Waals surface area (Å²) in [5.74, 6) is 0.210. The van der Waals surface area contributed by atoms with Crippen LogP contribution in [0.25, 0.3) is 0 Å². The lowest BCUT2D eigenvalue weighted by Crippen LogP contribution is -2.62. The van der Waals surface area contributed by atoms with Gasteiger partial charge in [0, 0.05) is 12.6 Å². The minimum Gasteiger partial charge on any atom is -0.368 e. The maximum Gasteiger partial charge on any atom is 0.239 e. The van der Waals surface area contributed by atoms with E-state index in [4.69, 9.17) is 5.73 Å². The van der Waals surface area contributed by atoms with E-state index in [9.17, 15) is 4.79 Å². The van der Waals surface area contributed by atoms with Crippen LogP contribution >= 0.6 is 0 Å². The Morgan fingerprint density at radius 3 is 2.29 bits per heavy atom. The Labute approximate surface area is 105 Å². The Balaban J connectivity index is 2.75. The highest BCUT2D eigenvalue weighted by Crippen LogP contribution is 2.40. The van der Waals surface area contributed by atoms with E-state index in [0.717, 1.165) is 32.2 Å². The summed E-state index contributed by atoms with van der Waals surface area (Å²) >= 11 is 0. The second-order valence-electron chi connectivity index (χ2n) is 5.25. The van der Waals surface area contributed by atoms with E-state index < -0.39 is 5.54 Å². The van der Waals surface area contributed by atoms with Crippen LogP contribution in [0.4, 0.5) is 0 Å². The van der Waals surface area contributed by atoms with Crippen LogP contribution in [-0.2, 0) is 4.79 Å². The molecular weight excluding hydrogens is 214 g/mol. The second kappa shape index (κ2) is 5.83. The zero-order valence-corrected chi connectivity index (χ0v) is 11.6. The summed E-state index contributed by atoms with van der Waals surface area (Å²) in [6.07, 6.45) is 4.44. The van der Waals surface area contributed by atoms with Gasteiger partial charge >= 0.3 is 0 Å². The van der Waals surface area contributed by atoms with Crippen molar-refractivity contribution in [2.24, 2.45) is 11.7 Å². The topological polar surface area (TPSA) is 58.4 Å². The number of nitrogens with one attached hydrogen (secondary N) is 1. The van der Waals surface area contributed by atoms with E-state index in [0.29, 0.717) is 12.0 Å². The van der Waals surface area contributed by atoms with Crippen molar-refractivity contribution in [1.29, 1.82) is 0 Å². The molecular formula is C13H27N3O. The van der Waals surface area contributed by atoms with E-state index in [2.05, 4.69) is 31.1 Å². The Morgan fingerprint density at radius 2 is 2.00 bits per heavy atom. The fourth-order valence-electron chi connectivity index (χ4n) is 2.83. The van der Waals surface area contributed by atoms with Gasteiger partial charge in [-0.15, -0.1) is 0 Å². The number of nitrogens with zero attached hydrogens (tertiary/aromatic N) is 1. The molecule has 17 heavy (non-hydrogen) atoms. The lowest BCUT2D eigenvalue weighted by molar-refractivity contribution is -0.126. The van der Waals surface area contributed by atoms with Crippen molar-refractivity contribution in [1.82, 2.24) is 10.2 Å². The normalized spacial score (nSPS) is 19.6. The molecule has 0 spiro atoms. The number of rotatable bonds is 8. The summed E-state index contributed by atoms with van der Waals surface area (Å²) in [6, 6.07) is 0.529. The molecule has 0 saturated heterocycles. The summed E-state index contributed by atoms with van der Waals surface area (Å²) in [4.78, 5) is 14.1. The number of amides is 1. The van der Waals surface area contributed by atoms with E-state index in [1.165, 1.54) is 0 Å². The first-order valence-corrected chi connectivity index (χ1v) is 6.70. The third-order valence-electron chi connectivity index (χ3n) is 4.22. The average Bonchev–Trinajstić information content (AvgIpc) is 3.11. The average molecular weight is 241 g/mol. The van der Waals surface area contributed by atoms with Gasteiger partial charge in [-0.1, -0.05) is 13.8 Å². The quantitative estimate of drug-likeness (QED) is 0.665. The van der Waals surface area contributed by atoms with Gasteiger partial charge < -0.3 is 16.0 Å². The number of likely N-dealkylation sites (N-methyl/N-ethyl adjacent to an activating group) is 2. The van der Waals surface area contributed by atoms with Gasteiger partial charge in [0.15, 0.2) is 0 Å². The van der Waals surface area contributed by atoms with Crippen molar-refractivity contribution in [3.05, 3.63) is 0 Å². The minimum atomic E-state index is -0.530. The van der Waals surface area contributed by atoms with E-state index >= 15 is 0 Å². The highest BCUT2D eigenvalue weighted by molar-refractivity contribution is 5.86. The van der Waals surface area contributed by atoms with Gasteiger partial charge in [0.1, 0.15) is 5.54 Å². The molecule has 4 nitrogen and oxygen atoms in total. The Morgan fingerprint density at radius 1 is 1.47 bits per heavy atom. The van der Waals surface area contributed by atoms with Crippen LogP contribution in [0.5, 0.6) is 0 Å². The molecule has 1 fully saturated rings. The first-order chi connectivity index (χ1) is 8.01. The molecule has 0 radical (unpaired) electrons. The van der Waals surface area contributed by atoms with Crippen molar-refractivity contribution in [3.63, 3.8) is 0 Å².